The number of para-hydroxylation sites is 1. The summed E-state index contributed by atoms with van der Waals surface area (Å²) in [6, 6.07) is 13.7. The molecule has 29 heavy (non-hydrogen) atoms. The zero-order valence-electron chi connectivity index (χ0n) is 15.9. The van der Waals surface area contributed by atoms with Crippen molar-refractivity contribution in [3.05, 3.63) is 59.7 Å². The highest BCUT2D eigenvalue weighted by Gasteiger charge is 2.28. The van der Waals surface area contributed by atoms with E-state index in [1.807, 2.05) is 37.3 Å². The molecule has 2 aromatic rings. The van der Waals surface area contributed by atoms with E-state index in [0.29, 0.717) is 6.42 Å². The average Bonchev–Trinajstić information content (AvgIpc) is 3.00. The number of aliphatic imine (C=N–C) groups is 1. The third kappa shape index (κ3) is 4.54. The maximum atomic E-state index is 12.0. The molecule has 3 rings (SSSR count). The predicted molar refractivity (Wildman–Crippen MR) is 112 cm³/mol. The summed E-state index contributed by atoms with van der Waals surface area (Å²) in [7, 11) is -2.52. The van der Waals surface area contributed by atoms with Crippen LogP contribution in [0.15, 0.2) is 57.9 Å². The molecule has 0 aromatic heterocycles. The van der Waals surface area contributed by atoms with Crippen LogP contribution in [0.2, 0.25) is 0 Å². The molecular formula is C19H21N5O4S. The number of anilines is 1. The van der Waals surface area contributed by atoms with Crippen LogP contribution in [0.5, 0.6) is 5.75 Å². The Balaban J connectivity index is 1.96. The molecule has 1 aliphatic heterocycles. The lowest BCUT2D eigenvalue weighted by molar-refractivity contribution is 0.0960. The minimum Gasteiger partial charge on any atom is -0.505 e. The van der Waals surface area contributed by atoms with Gasteiger partial charge in [-0.05, 0) is 24.1 Å². The van der Waals surface area contributed by atoms with Gasteiger partial charge >= 0.3 is 10.2 Å². The lowest BCUT2D eigenvalue weighted by Crippen LogP contribution is -2.31. The molecule has 0 saturated carbocycles. The van der Waals surface area contributed by atoms with E-state index < -0.39 is 16.1 Å². The van der Waals surface area contributed by atoms with Crippen LogP contribution in [0, 0.1) is 0 Å². The molecule has 0 radical (unpaired) electrons. The van der Waals surface area contributed by atoms with E-state index in [2.05, 4.69) is 24.7 Å². The molecule has 10 heteroatoms. The van der Waals surface area contributed by atoms with Crippen LogP contribution in [0.3, 0.4) is 0 Å². The fraction of sp³-hybridized carbons (Fsp3) is 0.211. The highest BCUT2D eigenvalue weighted by atomic mass is 32.2. The molecule has 1 heterocycles. The first-order chi connectivity index (χ1) is 13.8. The topological polar surface area (TPSA) is 132 Å². The fourth-order valence-corrected chi connectivity index (χ4v) is 3.66. The molecule has 0 unspecified atom stereocenters. The lowest BCUT2D eigenvalue weighted by atomic mass is 10.1. The van der Waals surface area contributed by atoms with Gasteiger partial charge in [-0.15, -0.1) is 4.40 Å². The third-order valence-corrected chi connectivity index (χ3v) is 5.15. The zero-order chi connectivity index (χ0) is 21.0. The standard InChI is InChI=1S/C19H21N5O4S/c1-3-14(12-8-5-4-6-9-12)21-17-18(24-29(27,28)23-17)22-15-11-7-10-13(16(15)25)19(26)20-2/h4-11,14,25H,3H2,1-2H3,(H,20,26)(H,21,23)(H,22,24)/t14-/m1/s1. The minimum atomic E-state index is -3.96. The number of amidine groups is 2. The Morgan fingerprint density at radius 1 is 1.21 bits per heavy atom. The van der Waals surface area contributed by atoms with E-state index in [9.17, 15) is 18.3 Å². The fourth-order valence-electron chi connectivity index (χ4n) is 2.85. The number of hydrogen-bond donors (Lipinski definition) is 4. The SMILES string of the molecule is CC[C@@H](N=C1NS(=O)(=O)N=C1Nc1cccc(C(=O)NC)c1O)c1ccccc1. The first-order valence-electron chi connectivity index (χ1n) is 8.91. The third-order valence-electron chi connectivity index (χ3n) is 4.28. The van der Waals surface area contributed by atoms with Gasteiger partial charge in [0.1, 0.15) is 0 Å². The summed E-state index contributed by atoms with van der Waals surface area (Å²) < 4.78 is 30.0. The van der Waals surface area contributed by atoms with Crippen molar-refractivity contribution in [2.75, 3.05) is 12.4 Å². The number of aromatic hydroxyl groups is 1. The first kappa shape index (κ1) is 20.3. The number of phenols is 1. The van der Waals surface area contributed by atoms with Crippen molar-refractivity contribution in [3.63, 3.8) is 0 Å². The normalized spacial score (nSPS) is 17.3. The summed E-state index contributed by atoms with van der Waals surface area (Å²) in [5.74, 6) is -0.836. The Morgan fingerprint density at radius 2 is 1.93 bits per heavy atom. The highest BCUT2D eigenvalue weighted by Crippen LogP contribution is 2.28. The predicted octanol–water partition coefficient (Wildman–Crippen LogP) is 1.96. The molecule has 0 spiro atoms. The first-order valence-corrected chi connectivity index (χ1v) is 10.4. The number of carbonyl (C=O) groups excluding carboxylic acids is 1. The number of nitrogens with zero attached hydrogens (tertiary/aromatic N) is 2. The van der Waals surface area contributed by atoms with Gasteiger partial charge in [-0.2, -0.15) is 8.42 Å². The smallest absolute Gasteiger partial charge is 0.345 e. The van der Waals surface area contributed by atoms with Crippen LogP contribution in [-0.4, -0.2) is 38.2 Å². The number of hydrogen-bond acceptors (Lipinski definition) is 6. The van der Waals surface area contributed by atoms with Crippen molar-refractivity contribution in [2.24, 2.45) is 9.39 Å². The van der Waals surface area contributed by atoms with Gasteiger partial charge in [0.2, 0.25) is 0 Å². The molecule has 0 aliphatic carbocycles. The summed E-state index contributed by atoms with van der Waals surface area (Å²) >= 11 is 0. The van der Waals surface area contributed by atoms with Gasteiger partial charge in [0.05, 0.1) is 17.3 Å². The van der Waals surface area contributed by atoms with Crippen molar-refractivity contribution in [1.82, 2.24) is 10.0 Å². The summed E-state index contributed by atoms with van der Waals surface area (Å²) in [5, 5.41) is 15.6. The van der Waals surface area contributed by atoms with Gasteiger partial charge in [0.25, 0.3) is 5.91 Å². The van der Waals surface area contributed by atoms with E-state index in [1.54, 1.807) is 6.07 Å². The average molecular weight is 415 g/mol. The van der Waals surface area contributed by atoms with Crippen LogP contribution in [0.4, 0.5) is 5.69 Å². The van der Waals surface area contributed by atoms with Crippen LogP contribution < -0.4 is 15.4 Å². The molecule has 0 fully saturated rings. The number of amides is 1. The number of carbonyl (C=O) groups is 1. The van der Waals surface area contributed by atoms with E-state index in [0.717, 1.165) is 5.56 Å². The van der Waals surface area contributed by atoms with Gasteiger partial charge in [-0.3, -0.25) is 9.79 Å². The van der Waals surface area contributed by atoms with E-state index in [-0.39, 0.29) is 34.7 Å². The van der Waals surface area contributed by atoms with Crippen LogP contribution in [0.1, 0.15) is 35.3 Å². The maximum Gasteiger partial charge on any atom is 0.345 e. The largest absolute Gasteiger partial charge is 0.505 e. The maximum absolute atomic E-state index is 12.0. The zero-order valence-corrected chi connectivity index (χ0v) is 16.7. The molecule has 9 nitrogen and oxygen atoms in total. The summed E-state index contributed by atoms with van der Waals surface area (Å²) in [5.41, 5.74) is 1.10. The van der Waals surface area contributed by atoms with Crippen LogP contribution in [-0.2, 0) is 10.2 Å². The molecule has 1 aliphatic rings. The Kier molecular flexibility index (Phi) is 5.83. The molecule has 4 N–H and O–H groups in total. The Morgan fingerprint density at radius 3 is 2.59 bits per heavy atom. The number of rotatable bonds is 5. The second-order valence-corrected chi connectivity index (χ2v) is 7.57. The molecule has 0 bridgehead atoms. The number of nitrogens with one attached hydrogen (secondary N) is 3. The summed E-state index contributed by atoms with van der Waals surface area (Å²) in [4.78, 5) is 16.4. The number of benzene rings is 2. The van der Waals surface area contributed by atoms with E-state index in [4.69, 9.17) is 0 Å². The Bertz CT molecular complexity index is 1080. The van der Waals surface area contributed by atoms with Crippen molar-refractivity contribution < 1.29 is 18.3 Å². The van der Waals surface area contributed by atoms with Crippen LogP contribution in [0.25, 0.3) is 0 Å². The molecule has 1 atom stereocenters. The quantitative estimate of drug-likeness (QED) is 0.554. The second-order valence-electron chi connectivity index (χ2n) is 6.24. The summed E-state index contributed by atoms with van der Waals surface area (Å²) in [6.45, 7) is 1.94. The van der Waals surface area contributed by atoms with Gasteiger partial charge < -0.3 is 15.7 Å². The Hall–Kier alpha value is -3.40. The minimum absolute atomic E-state index is 0.0328. The molecule has 0 saturated heterocycles. The van der Waals surface area contributed by atoms with Crippen molar-refractivity contribution >= 4 is 33.5 Å². The van der Waals surface area contributed by atoms with Crippen LogP contribution >= 0.6 is 0 Å². The van der Waals surface area contributed by atoms with E-state index in [1.165, 1.54) is 19.2 Å². The van der Waals surface area contributed by atoms with Gasteiger partial charge in [0, 0.05) is 7.05 Å². The molecule has 1 amide bonds. The summed E-state index contributed by atoms with van der Waals surface area (Å²) in [6.07, 6.45) is 0.639. The molecular weight excluding hydrogens is 394 g/mol. The van der Waals surface area contributed by atoms with Gasteiger partial charge in [0.15, 0.2) is 17.4 Å². The molecule has 152 valence electrons. The lowest BCUT2D eigenvalue weighted by Gasteiger charge is -2.14. The van der Waals surface area contributed by atoms with Gasteiger partial charge in [-0.25, -0.2) is 4.72 Å². The van der Waals surface area contributed by atoms with Crippen molar-refractivity contribution in [2.45, 2.75) is 19.4 Å². The highest BCUT2D eigenvalue weighted by molar-refractivity contribution is 7.89. The number of phenolic OH excluding ortho intramolecular Hbond substituents is 1. The van der Waals surface area contributed by atoms with Crippen molar-refractivity contribution in [3.8, 4) is 5.75 Å². The van der Waals surface area contributed by atoms with Gasteiger partial charge in [-0.1, -0.05) is 43.3 Å². The monoisotopic (exact) mass is 415 g/mol. The van der Waals surface area contributed by atoms with Crippen molar-refractivity contribution in [1.29, 1.82) is 0 Å². The molecule has 2 aromatic carbocycles. The Labute approximate surface area is 168 Å². The second kappa shape index (κ2) is 8.31. The van der Waals surface area contributed by atoms with E-state index >= 15 is 0 Å².